The summed E-state index contributed by atoms with van der Waals surface area (Å²) < 4.78 is 21.8. The number of halogens is 3. The summed E-state index contributed by atoms with van der Waals surface area (Å²) >= 11 is 6.36. The molecule has 0 spiro atoms. The van der Waals surface area contributed by atoms with Gasteiger partial charge in [-0.15, -0.1) is 12.4 Å². The number of carboxylic acids is 1. The minimum absolute atomic E-state index is 0. The van der Waals surface area contributed by atoms with E-state index in [4.69, 9.17) is 27.8 Å². The molecule has 0 aliphatic heterocycles. The van der Waals surface area contributed by atoms with Crippen molar-refractivity contribution in [1.82, 2.24) is 4.57 Å². The number of carboxylic acid groups (broad SMARTS) is 1. The number of anilines is 1. The molecule has 1 saturated carbocycles. The van der Waals surface area contributed by atoms with Gasteiger partial charge in [-0.3, -0.25) is 4.79 Å². The van der Waals surface area contributed by atoms with E-state index in [0.717, 1.165) is 12.8 Å². The predicted molar refractivity (Wildman–Crippen MR) is 104 cm³/mol. The number of aromatic carboxylic acids is 1. The van der Waals surface area contributed by atoms with E-state index in [1.165, 1.54) is 6.20 Å². The first-order chi connectivity index (χ1) is 12.0. The largest absolute Gasteiger partial charge is 0.487 e. The molecule has 0 unspecified atom stereocenters. The minimum atomic E-state index is -1.41. The number of hydrogen-bond acceptors (Lipinski definition) is 5. The second kappa shape index (κ2) is 7.18. The third kappa shape index (κ3) is 3.83. The van der Waals surface area contributed by atoms with Gasteiger partial charge < -0.3 is 25.9 Å². The van der Waals surface area contributed by atoms with Crippen molar-refractivity contribution in [2.24, 2.45) is 5.73 Å². The summed E-state index contributed by atoms with van der Waals surface area (Å²) in [5, 5.41) is 8.91. The minimum Gasteiger partial charge on any atom is -0.487 e. The second-order valence-electron chi connectivity index (χ2n) is 7.19. The molecule has 148 valence electrons. The van der Waals surface area contributed by atoms with Gasteiger partial charge in [-0.1, -0.05) is 11.6 Å². The summed E-state index contributed by atoms with van der Waals surface area (Å²) in [6.45, 7) is 3.36. The number of nitrogen functional groups attached to an aromatic ring is 1. The molecule has 3 rings (SSSR count). The van der Waals surface area contributed by atoms with Crippen molar-refractivity contribution in [1.29, 1.82) is 0 Å². The average molecular weight is 420 g/mol. The fourth-order valence-corrected chi connectivity index (χ4v) is 3.05. The van der Waals surface area contributed by atoms with Crippen LogP contribution < -0.4 is 21.6 Å². The third-order valence-electron chi connectivity index (χ3n) is 4.11. The average Bonchev–Trinajstić information content (AvgIpc) is 3.35. The quantitative estimate of drug-likeness (QED) is 0.640. The number of rotatable bonds is 5. The van der Waals surface area contributed by atoms with Gasteiger partial charge in [0.2, 0.25) is 5.43 Å². The van der Waals surface area contributed by atoms with E-state index in [9.17, 15) is 19.1 Å². The highest BCUT2D eigenvalue weighted by Crippen LogP contribution is 2.44. The maximum absolute atomic E-state index is 14.8. The number of benzene rings is 1. The number of ether oxygens (including phenoxy) is 1. The van der Waals surface area contributed by atoms with Crippen LogP contribution in [0.2, 0.25) is 5.02 Å². The van der Waals surface area contributed by atoms with E-state index < -0.39 is 34.0 Å². The molecule has 0 bridgehead atoms. The van der Waals surface area contributed by atoms with Crippen molar-refractivity contribution in [2.45, 2.75) is 38.3 Å². The molecule has 5 N–H and O–H groups in total. The first kappa shape index (κ1) is 21.3. The van der Waals surface area contributed by atoms with Crippen molar-refractivity contribution in [3.8, 4) is 5.75 Å². The molecule has 1 aromatic heterocycles. The lowest BCUT2D eigenvalue weighted by Crippen LogP contribution is -2.39. The fraction of sp³-hybridized carbons (Fsp3) is 0.412. The summed E-state index contributed by atoms with van der Waals surface area (Å²) in [7, 11) is 0. The number of fused-ring (bicyclic) bond motifs is 1. The Kier molecular flexibility index (Phi) is 5.66. The molecule has 0 radical (unpaired) electrons. The van der Waals surface area contributed by atoms with E-state index in [1.807, 2.05) is 0 Å². The molecule has 1 aliphatic rings. The van der Waals surface area contributed by atoms with Crippen LogP contribution in [0.1, 0.15) is 43.1 Å². The van der Waals surface area contributed by atoms with Crippen molar-refractivity contribution in [3.05, 3.63) is 32.8 Å². The number of aromatic nitrogens is 1. The van der Waals surface area contributed by atoms with E-state index in [1.54, 1.807) is 18.4 Å². The summed E-state index contributed by atoms with van der Waals surface area (Å²) in [4.78, 5) is 24.0. The highest BCUT2D eigenvalue weighted by atomic mass is 35.5. The molecule has 2 aromatic rings. The molecule has 1 aromatic carbocycles. The molecular weight excluding hydrogens is 400 g/mol. The first-order valence-corrected chi connectivity index (χ1v) is 8.41. The molecule has 0 saturated heterocycles. The zero-order valence-electron chi connectivity index (χ0n) is 14.7. The van der Waals surface area contributed by atoms with Crippen LogP contribution >= 0.6 is 24.0 Å². The van der Waals surface area contributed by atoms with Gasteiger partial charge in [-0.2, -0.15) is 0 Å². The Bertz CT molecular complexity index is 981. The number of pyridine rings is 1. The number of nitrogens with two attached hydrogens (primary N) is 2. The Labute approximate surface area is 165 Å². The summed E-state index contributed by atoms with van der Waals surface area (Å²) in [6.07, 6.45) is 2.80. The first-order valence-electron chi connectivity index (χ1n) is 8.03. The predicted octanol–water partition coefficient (Wildman–Crippen LogP) is 2.95. The van der Waals surface area contributed by atoms with Crippen LogP contribution in [0.25, 0.3) is 10.9 Å². The van der Waals surface area contributed by atoms with Gasteiger partial charge in [-0.05, 0) is 26.7 Å². The summed E-state index contributed by atoms with van der Waals surface area (Å²) in [5.74, 6) is -2.71. The maximum Gasteiger partial charge on any atom is 0.341 e. The lowest BCUT2D eigenvalue weighted by atomic mass is 10.1. The monoisotopic (exact) mass is 419 g/mol. The number of carbonyl (C=O) groups is 1. The molecule has 1 aliphatic carbocycles. The molecule has 0 atom stereocenters. The van der Waals surface area contributed by atoms with Crippen LogP contribution in [0.15, 0.2) is 11.0 Å². The molecular formula is C17H20Cl2FN3O4. The molecule has 27 heavy (non-hydrogen) atoms. The smallest absolute Gasteiger partial charge is 0.341 e. The van der Waals surface area contributed by atoms with E-state index in [-0.39, 0.29) is 46.7 Å². The second-order valence-corrected chi connectivity index (χ2v) is 7.57. The van der Waals surface area contributed by atoms with E-state index in [0.29, 0.717) is 0 Å². The van der Waals surface area contributed by atoms with E-state index in [2.05, 4.69) is 0 Å². The normalized spacial score (nSPS) is 14.1. The Balaban J connectivity index is 0.00000261. The Morgan fingerprint density at radius 3 is 2.56 bits per heavy atom. The van der Waals surface area contributed by atoms with Gasteiger partial charge in [0, 0.05) is 17.8 Å². The fourth-order valence-electron chi connectivity index (χ4n) is 2.72. The molecule has 7 nitrogen and oxygen atoms in total. The highest BCUT2D eigenvalue weighted by Gasteiger charge is 2.31. The number of nitrogens with zero attached hydrogens (tertiary/aromatic N) is 1. The maximum atomic E-state index is 14.8. The van der Waals surface area contributed by atoms with Crippen LogP contribution in [0, 0.1) is 5.82 Å². The van der Waals surface area contributed by atoms with Crippen LogP contribution in [-0.4, -0.2) is 27.8 Å². The molecule has 1 fully saturated rings. The van der Waals surface area contributed by atoms with Gasteiger partial charge in [-0.25, -0.2) is 9.18 Å². The van der Waals surface area contributed by atoms with Gasteiger partial charge in [0.05, 0.1) is 16.6 Å². The van der Waals surface area contributed by atoms with Crippen molar-refractivity contribution in [2.75, 3.05) is 12.3 Å². The van der Waals surface area contributed by atoms with Crippen molar-refractivity contribution < 1.29 is 19.0 Å². The van der Waals surface area contributed by atoms with Crippen LogP contribution in [0.4, 0.5) is 10.1 Å². The van der Waals surface area contributed by atoms with Crippen LogP contribution in [0.3, 0.4) is 0 Å². The van der Waals surface area contributed by atoms with Gasteiger partial charge in [0.1, 0.15) is 17.2 Å². The summed E-state index contributed by atoms with van der Waals surface area (Å²) in [5.41, 5.74) is 9.27. The standard InChI is InChI=1S/C17H19ClFN3O4.ClH/c1-17(2,21)6-26-15-10(18)13-9(12(20)11(15)19)14(23)8(16(24)25)5-22(13)7-3-4-7;/h5,7H,3-4,6,20-21H2,1-2H3,(H,24,25);1H. The third-order valence-corrected chi connectivity index (χ3v) is 4.46. The van der Waals surface area contributed by atoms with E-state index >= 15 is 0 Å². The highest BCUT2D eigenvalue weighted by molar-refractivity contribution is 6.37. The molecule has 10 heteroatoms. The zero-order chi connectivity index (χ0) is 19.4. The Morgan fingerprint density at radius 2 is 2.07 bits per heavy atom. The molecule has 0 amide bonds. The van der Waals surface area contributed by atoms with Crippen LogP contribution in [-0.2, 0) is 0 Å². The molecule has 1 heterocycles. The lowest BCUT2D eigenvalue weighted by Gasteiger charge is -2.22. The van der Waals surface area contributed by atoms with Gasteiger partial charge in [0.25, 0.3) is 0 Å². The van der Waals surface area contributed by atoms with Gasteiger partial charge >= 0.3 is 5.97 Å². The Hall–Kier alpha value is -2.03. The zero-order valence-corrected chi connectivity index (χ0v) is 16.3. The Morgan fingerprint density at radius 1 is 1.48 bits per heavy atom. The number of hydrogen-bond donors (Lipinski definition) is 3. The van der Waals surface area contributed by atoms with Crippen molar-refractivity contribution >= 4 is 46.6 Å². The topological polar surface area (TPSA) is 121 Å². The van der Waals surface area contributed by atoms with Crippen molar-refractivity contribution in [3.63, 3.8) is 0 Å². The van der Waals surface area contributed by atoms with Crippen LogP contribution in [0.5, 0.6) is 5.75 Å². The SMILES string of the molecule is CC(C)(N)COc1c(F)c(N)c2c(=O)c(C(=O)O)cn(C3CC3)c2c1Cl.Cl. The summed E-state index contributed by atoms with van der Waals surface area (Å²) in [6, 6.07) is -0.0302. The van der Waals surface area contributed by atoms with Gasteiger partial charge in [0.15, 0.2) is 11.6 Å². The lowest BCUT2D eigenvalue weighted by molar-refractivity contribution is 0.0695.